The molecule has 0 unspecified atom stereocenters. The van der Waals surface area contributed by atoms with Crippen LogP contribution in [0.3, 0.4) is 0 Å². The molecule has 8 heteroatoms. The number of halogens is 3. The van der Waals surface area contributed by atoms with Crippen LogP contribution in [0.1, 0.15) is 19.3 Å². The Labute approximate surface area is 116 Å². The van der Waals surface area contributed by atoms with Gasteiger partial charge in [-0.25, -0.2) is 13.1 Å². The molecule has 4 nitrogen and oxygen atoms in total. The summed E-state index contributed by atoms with van der Waals surface area (Å²) in [6, 6.07) is 6.09. The van der Waals surface area contributed by atoms with E-state index in [1.54, 1.807) is 19.2 Å². The highest BCUT2D eigenvalue weighted by Crippen LogP contribution is 2.22. The molecule has 0 saturated heterocycles. The molecule has 0 saturated carbocycles. The molecule has 0 aromatic heterocycles. The van der Waals surface area contributed by atoms with Crippen LogP contribution in [0.2, 0.25) is 0 Å². The monoisotopic (exact) mass is 310 g/mol. The maximum Gasteiger partial charge on any atom is 0.389 e. The number of anilines is 1. The molecular formula is C12H17F3N2O2S. The van der Waals surface area contributed by atoms with Crippen molar-refractivity contribution in [3.63, 3.8) is 0 Å². The first-order valence-electron chi connectivity index (χ1n) is 6.09. The molecule has 1 aromatic carbocycles. The Morgan fingerprint density at radius 2 is 1.70 bits per heavy atom. The summed E-state index contributed by atoms with van der Waals surface area (Å²) in [7, 11) is -1.95. The van der Waals surface area contributed by atoms with Crippen molar-refractivity contribution in [2.45, 2.75) is 30.3 Å². The first-order valence-corrected chi connectivity index (χ1v) is 7.57. The predicted octanol–water partition coefficient (Wildman–Crippen LogP) is 2.74. The second-order valence-corrected chi connectivity index (χ2v) is 6.01. The molecule has 1 rings (SSSR count). The standard InChI is InChI=1S/C12H17F3N2O2S/c1-16-10-4-6-11(7-5-10)20(18,19)17-9-3-2-8-12(13,14)15/h4-7,16-17H,2-3,8-9H2,1H3. The van der Waals surface area contributed by atoms with Gasteiger partial charge in [-0.2, -0.15) is 13.2 Å². The van der Waals surface area contributed by atoms with E-state index in [-0.39, 0.29) is 24.3 Å². The Hall–Kier alpha value is -1.28. The Kier molecular flexibility index (Phi) is 5.82. The smallest absolute Gasteiger partial charge is 0.388 e. The van der Waals surface area contributed by atoms with Gasteiger partial charge in [-0.1, -0.05) is 0 Å². The highest BCUT2D eigenvalue weighted by molar-refractivity contribution is 7.89. The molecule has 0 amide bonds. The molecule has 0 heterocycles. The lowest BCUT2D eigenvalue weighted by molar-refractivity contribution is -0.135. The summed E-state index contributed by atoms with van der Waals surface area (Å²) in [5.41, 5.74) is 0.772. The van der Waals surface area contributed by atoms with Gasteiger partial charge in [-0.3, -0.25) is 0 Å². The number of benzene rings is 1. The van der Waals surface area contributed by atoms with Gasteiger partial charge in [0.2, 0.25) is 10.0 Å². The second-order valence-electron chi connectivity index (χ2n) is 4.24. The van der Waals surface area contributed by atoms with E-state index in [9.17, 15) is 21.6 Å². The van der Waals surface area contributed by atoms with E-state index in [1.807, 2.05) is 0 Å². The van der Waals surface area contributed by atoms with Crippen molar-refractivity contribution in [1.29, 1.82) is 0 Å². The number of rotatable bonds is 7. The SMILES string of the molecule is CNc1ccc(S(=O)(=O)NCCCCC(F)(F)F)cc1. The molecule has 0 aliphatic carbocycles. The van der Waals surface area contributed by atoms with Crippen LogP contribution < -0.4 is 10.0 Å². The van der Waals surface area contributed by atoms with Crippen molar-refractivity contribution in [2.75, 3.05) is 18.9 Å². The summed E-state index contributed by atoms with van der Waals surface area (Å²) < 4.78 is 61.7. The lowest BCUT2D eigenvalue weighted by Gasteiger charge is -2.08. The zero-order valence-electron chi connectivity index (χ0n) is 11.0. The first-order chi connectivity index (χ1) is 9.24. The van der Waals surface area contributed by atoms with Crippen LogP contribution in [0, 0.1) is 0 Å². The van der Waals surface area contributed by atoms with E-state index in [0.29, 0.717) is 0 Å². The van der Waals surface area contributed by atoms with Gasteiger partial charge >= 0.3 is 6.18 Å². The van der Waals surface area contributed by atoms with Crippen molar-refractivity contribution in [3.05, 3.63) is 24.3 Å². The molecule has 20 heavy (non-hydrogen) atoms. The number of nitrogens with one attached hydrogen (secondary N) is 2. The van der Waals surface area contributed by atoms with Gasteiger partial charge in [0.1, 0.15) is 0 Å². The van der Waals surface area contributed by atoms with Crippen molar-refractivity contribution in [3.8, 4) is 0 Å². The van der Waals surface area contributed by atoms with Crippen LogP contribution in [-0.4, -0.2) is 28.2 Å². The average Bonchev–Trinajstić information content (AvgIpc) is 2.37. The van der Waals surface area contributed by atoms with Gasteiger partial charge in [-0.15, -0.1) is 0 Å². The molecule has 1 aromatic rings. The van der Waals surface area contributed by atoms with Gasteiger partial charge in [0.15, 0.2) is 0 Å². The molecule has 0 aliphatic rings. The van der Waals surface area contributed by atoms with E-state index in [4.69, 9.17) is 0 Å². The van der Waals surface area contributed by atoms with Crippen LogP contribution in [0.25, 0.3) is 0 Å². The van der Waals surface area contributed by atoms with E-state index in [2.05, 4.69) is 10.0 Å². The highest BCUT2D eigenvalue weighted by atomic mass is 32.2. The summed E-state index contributed by atoms with van der Waals surface area (Å²) in [5, 5.41) is 2.86. The highest BCUT2D eigenvalue weighted by Gasteiger charge is 2.25. The van der Waals surface area contributed by atoms with Gasteiger partial charge < -0.3 is 5.32 Å². The zero-order valence-corrected chi connectivity index (χ0v) is 11.8. The Bertz CT molecular complexity index is 512. The van der Waals surface area contributed by atoms with Crippen LogP contribution in [0.5, 0.6) is 0 Å². The fraction of sp³-hybridized carbons (Fsp3) is 0.500. The summed E-state index contributed by atoms with van der Waals surface area (Å²) in [5.74, 6) is 0. The lowest BCUT2D eigenvalue weighted by Crippen LogP contribution is -2.25. The fourth-order valence-corrected chi connectivity index (χ4v) is 2.62. The van der Waals surface area contributed by atoms with Gasteiger partial charge in [0, 0.05) is 25.7 Å². The van der Waals surface area contributed by atoms with Crippen molar-refractivity contribution in [2.24, 2.45) is 0 Å². The molecule has 114 valence electrons. The molecule has 0 radical (unpaired) electrons. The van der Waals surface area contributed by atoms with Crippen molar-refractivity contribution >= 4 is 15.7 Å². The maximum absolute atomic E-state index is 11.9. The van der Waals surface area contributed by atoms with E-state index < -0.39 is 22.6 Å². The minimum absolute atomic E-state index is 0.00775. The first kappa shape index (κ1) is 16.8. The number of sulfonamides is 1. The quantitative estimate of drug-likeness (QED) is 0.761. The predicted molar refractivity (Wildman–Crippen MR) is 71.1 cm³/mol. The Morgan fingerprint density at radius 1 is 1.10 bits per heavy atom. The number of unbranched alkanes of at least 4 members (excludes halogenated alkanes) is 1. The lowest BCUT2D eigenvalue weighted by atomic mass is 10.2. The Morgan fingerprint density at radius 3 is 2.20 bits per heavy atom. The van der Waals surface area contributed by atoms with Gasteiger partial charge in [-0.05, 0) is 37.1 Å². The maximum atomic E-state index is 11.9. The number of hydrogen-bond donors (Lipinski definition) is 2. The third-order valence-electron chi connectivity index (χ3n) is 2.63. The minimum Gasteiger partial charge on any atom is -0.388 e. The van der Waals surface area contributed by atoms with Gasteiger partial charge in [0.25, 0.3) is 0 Å². The normalized spacial score (nSPS) is 12.4. The third kappa shape index (κ3) is 5.79. The Balaban J connectivity index is 2.45. The minimum atomic E-state index is -4.19. The van der Waals surface area contributed by atoms with E-state index >= 15 is 0 Å². The molecular weight excluding hydrogens is 293 g/mol. The fourth-order valence-electron chi connectivity index (χ4n) is 1.54. The molecule has 0 bridgehead atoms. The number of hydrogen-bond acceptors (Lipinski definition) is 3. The van der Waals surface area contributed by atoms with Crippen LogP contribution in [0.4, 0.5) is 18.9 Å². The summed E-state index contributed by atoms with van der Waals surface area (Å²) in [6.07, 6.45) is -5.04. The summed E-state index contributed by atoms with van der Waals surface area (Å²) >= 11 is 0. The number of alkyl halides is 3. The average molecular weight is 310 g/mol. The second kappa shape index (κ2) is 6.94. The van der Waals surface area contributed by atoms with Gasteiger partial charge in [0.05, 0.1) is 4.90 Å². The molecule has 0 fully saturated rings. The molecule has 0 aliphatic heterocycles. The molecule has 2 N–H and O–H groups in total. The summed E-state index contributed by atoms with van der Waals surface area (Å²) in [6.45, 7) is -0.00775. The van der Waals surface area contributed by atoms with E-state index in [0.717, 1.165) is 5.69 Å². The van der Waals surface area contributed by atoms with Crippen molar-refractivity contribution in [1.82, 2.24) is 4.72 Å². The zero-order chi connectivity index (χ0) is 15.2. The topological polar surface area (TPSA) is 58.2 Å². The molecule has 0 spiro atoms. The van der Waals surface area contributed by atoms with Crippen LogP contribution in [-0.2, 0) is 10.0 Å². The largest absolute Gasteiger partial charge is 0.389 e. The molecule has 0 atom stereocenters. The van der Waals surface area contributed by atoms with Crippen LogP contribution in [0.15, 0.2) is 29.2 Å². The summed E-state index contributed by atoms with van der Waals surface area (Å²) in [4.78, 5) is 0.0901. The van der Waals surface area contributed by atoms with E-state index in [1.165, 1.54) is 12.1 Å². The van der Waals surface area contributed by atoms with Crippen LogP contribution >= 0.6 is 0 Å². The van der Waals surface area contributed by atoms with Crippen molar-refractivity contribution < 1.29 is 21.6 Å². The third-order valence-corrected chi connectivity index (χ3v) is 4.11.